The van der Waals surface area contributed by atoms with Gasteiger partial charge in [0.1, 0.15) is 13.2 Å². The van der Waals surface area contributed by atoms with Crippen molar-refractivity contribution in [3.63, 3.8) is 0 Å². The fraction of sp³-hybridized carbons (Fsp3) is 0.867. The van der Waals surface area contributed by atoms with E-state index in [4.69, 9.17) is 14.6 Å². The maximum atomic E-state index is 11.2. The summed E-state index contributed by atoms with van der Waals surface area (Å²) in [6, 6.07) is 0. The fourth-order valence-corrected chi connectivity index (χ4v) is 1.67. The number of hydrogen-bond donors (Lipinski definition) is 2. The van der Waals surface area contributed by atoms with E-state index in [2.05, 4.69) is 17.0 Å². The SMILES string of the molecule is CCCCCCCOCCOCCNC(=O)COCC(=O)O. The highest BCUT2D eigenvalue weighted by Crippen LogP contribution is 2.02. The van der Waals surface area contributed by atoms with Gasteiger partial charge in [0.2, 0.25) is 5.91 Å². The van der Waals surface area contributed by atoms with Crippen LogP contribution in [0.1, 0.15) is 39.0 Å². The van der Waals surface area contributed by atoms with Gasteiger partial charge < -0.3 is 24.6 Å². The van der Waals surface area contributed by atoms with E-state index in [1.807, 2.05) is 0 Å². The van der Waals surface area contributed by atoms with Crippen molar-refractivity contribution in [1.29, 1.82) is 0 Å². The number of aliphatic carboxylic acids is 1. The molecule has 2 N–H and O–H groups in total. The molecule has 0 rings (SSSR count). The molecule has 0 aliphatic carbocycles. The van der Waals surface area contributed by atoms with Crippen LogP contribution in [0.25, 0.3) is 0 Å². The number of amides is 1. The predicted molar refractivity (Wildman–Crippen MR) is 81.9 cm³/mol. The van der Waals surface area contributed by atoms with Crippen LogP contribution < -0.4 is 5.32 Å². The lowest BCUT2D eigenvalue weighted by Crippen LogP contribution is -2.31. The van der Waals surface area contributed by atoms with Crippen molar-refractivity contribution in [1.82, 2.24) is 5.32 Å². The summed E-state index contributed by atoms with van der Waals surface area (Å²) in [4.78, 5) is 21.4. The third-order valence-electron chi connectivity index (χ3n) is 2.79. The first-order valence-electron chi connectivity index (χ1n) is 7.88. The molecule has 1 amide bonds. The highest BCUT2D eigenvalue weighted by molar-refractivity contribution is 5.77. The van der Waals surface area contributed by atoms with Gasteiger partial charge in [-0.1, -0.05) is 32.6 Å². The smallest absolute Gasteiger partial charge is 0.329 e. The fourth-order valence-electron chi connectivity index (χ4n) is 1.67. The van der Waals surface area contributed by atoms with Crippen molar-refractivity contribution in [3.05, 3.63) is 0 Å². The van der Waals surface area contributed by atoms with Crippen LogP contribution >= 0.6 is 0 Å². The minimum atomic E-state index is -1.10. The Morgan fingerprint density at radius 3 is 2.23 bits per heavy atom. The minimum absolute atomic E-state index is 0.257. The minimum Gasteiger partial charge on any atom is -0.480 e. The second-order valence-corrected chi connectivity index (χ2v) is 4.88. The Morgan fingerprint density at radius 1 is 0.864 bits per heavy atom. The lowest BCUT2D eigenvalue weighted by Gasteiger charge is -2.07. The highest BCUT2D eigenvalue weighted by atomic mass is 16.5. The molecule has 0 aromatic heterocycles. The zero-order valence-corrected chi connectivity index (χ0v) is 13.5. The predicted octanol–water partition coefficient (Wildman–Crippen LogP) is 1.21. The quantitative estimate of drug-likeness (QED) is 0.415. The van der Waals surface area contributed by atoms with Gasteiger partial charge in [0.15, 0.2) is 0 Å². The summed E-state index contributed by atoms with van der Waals surface area (Å²) in [5, 5.41) is 10.9. The van der Waals surface area contributed by atoms with Crippen LogP contribution in [0.5, 0.6) is 0 Å². The molecule has 0 aliphatic rings. The Morgan fingerprint density at radius 2 is 1.55 bits per heavy atom. The standard InChI is InChI=1S/C15H29NO6/c1-2-3-4-5-6-8-20-10-11-21-9-7-16-14(17)12-22-13-15(18)19/h2-13H2,1H3,(H,16,17)(H,18,19). The first kappa shape index (κ1) is 20.8. The van der Waals surface area contributed by atoms with Gasteiger partial charge in [-0.15, -0.1) is 0 Å². The molecule has 0 saturated carbocycles. The van der Waals surface area contributed by atoms with Gasteiger partial charge in [0.25, 0.3) is 0 Å². The van der Waals surface area contributed by atoms with Gasteiger partial charge in [0, 0.05) is 13.2 Å². The van der Waals surface area contributed by atoms with Crippen molar-refractivity contribution in [2.24, 2.45) is 0 Å². The number of unbranched alkanes of at least 4 members (excludes halogenated alkanes) is 4. The largest absolute Gasteiger partial charge is 0.480 e. The Kier molecular flexibility index (Phi) is 15.3. The van der Waals surface area contributed by atoms with Gasteiger partial charge in [-0.25, -0.2) is 4.79 Å². The Balaban J connectivity index is 3.13. The van der Waals surface area contributed by atoms with Crippen LogP contribution in [0.4, 0.5) is 0 Å². The van der Waals surface area contributed by atoms with E-state index in [0.29, 0.717) is 26.4 Å². The number of carboxylic acid groups (broad SMARTS) is 1. The second-order valence-electron chi connectivity index (χ2n) is 4.88. The van der Waals surface area contributed by atoms with E-state index in [-0.39, 0.29) is 12.5 Å². The maximum Gasteiger partial charge on any atom is 0.329 e. The number of ether oxygens (including phenoxy) is 3. The van der Waals surface area contributed by atoms with Crippen molar-refractivity contribution >= 4 is 11.9 Å². The van der Waals surface area contributed by atoms with Crippen molar-refractivity contribution in [2.75, 3.05) is 46.2 Å². The first-order valence-corrected chi connectivity index (χ1v) is 7.88. The molecule has 0 atom stereocenters. The average Bonchev–Trinajstić information content (AvgIpc) is 2.48. The van der Waals surface area contributed by atoms with Crippen LogP contribution in [-0.2, 0) is 23.8 Å². The molecular weight excluding hydrogens is 290 g/mol. The average molecular weight is 319 g/mol. The summed E-state index contributed by atoms with van der Waals surface area (Å²) < 4.78 is 15.4. The molecule has 0 aliphatic heterocycles. The van der Waals surface area contributed by atoms with E-state index < -0.39 is 12.6 Å². The number of carbonyl (C=O) groups is 2. The molecule has 7 heteroatoms. The monoisotopic (exact) mass is 319 g/mol. The Hall–Kier alpha value is -1.18. The third-order valence-corrected chi connectivity index (χ3v) is 2.79. The van der Waals surface area contributed by atoms with Crippen LogP contribution in [-0.4, -0.2) is 63.2 Å². The normalized spacial score (nSPS) is 10.6. The summed E-state index contributed by atoms with van der Waals surface area (Å²) in [5.41, 5.74) is 0. The maximum absolute atomic E-state index is 11.2. The first-order chi connectivity index (χ1) is 10.7. The molecule has 0 aromatic rings. The number of nitrogens with one attached hydrogen (secondary N) is 1. The second kappa shape index (κ2) is 16.2. The van der Waals surface area contributed by atoms with E-state index in [0.717, 1.165) is 13.0 Å². The van der Waals surface area contributed by atoms with Crippen LogP contribution in [0, 0.1) is 0 Å². The van der Waals surface area contributed by atoms with Gasteiger partial charge in [-0.2, -0.15) is 0 Å². The molecule has 0 aromatic carbocycles. The van der Waals surface area contributed by atoms with Gasteiger partial charge in [0.05, 0.1) is 19.8 Å². The topological polar surface area (TPSA) is 94.1 Å². The number of carboxylic acids is 1. The Labute approximate surface area is 132 Å². The van der Waals surface area contributed by atoms with E-state index in [1.165, 1.54) is 25.7 Å². The molecule has 22 heavy (non-hydrogen) atoms. The summed E-state index contributed by atoms with van der Waals surface area (Å²) in [6.45, 7) is 4.05. The van der Waals surface area contributed by atoms with Crippen molar-refractivity contribution < 1.29 is 28.9 Å². The molecule has 0 saturated heterocycles. The van der Waals surface area contributed by atoms with Gasteiger partial charge >= 0.3 is 5.97 Å². The van der Waals surface area contributed by atoms with Gasteiger partial charge in [-0.05, 0) is 6.42 Å². The van der Waals surface area contributed by atoms with E-state index in [1.54, 1.807) is 0 Å². The zero-order valence-electron chi connectivity index (χ0n) is 13.5. The molecule has 0 radical (unpaired) electrons. The lowest BCUT2D eigenvalue weighted by atomic mass is 10.2. The third kappa shape index (κ3) is 16.9. The van der Waals surface area contributed by atoms with Crippen LogP contribution in [0.2, 0.25) is 0 Å². The zero-order chi connectivity index (χ0) is 16.5. The molecule has 0 spiro atoms. The number of rotatable bonds is 16. The van der Waals surface area contributed by atoms with Crippen LogP contribution in [0.15, 0.2) is 0 Å². The summed E-state index contributed by atoms with van der Waals surface area (Å²) in [7, 11) is 0. The highest BCUT2D eigenvalue weighted by Gasteiger charge is 2.02. The van der Waals surface area contributed by atoms with E-state index in [9.17, 15) is 9.59 Å². The molecule has 0 fully saturated rings. The molecule has 0 heterocycles. The number of carbonyl (C=O) groups excluding carboxylic acids is 1. The lowest BCUT2D eigenvalue weighted by molar-refractivity contribution is -0.143. The molecule has 7 nitrogen and oxygen atoms in total. The summed E-state index contributed by atoms with van der Waals surface area (Å²) in [6.07, 6.45) is 6.11. The summed E-state index contributed by atoms with van der Waals surface area (Å²) in [5.74, 6) is -1.45. The molecule has 0 unspecified atom stereocenters. The van der Waals surface area contributed by atoms with Gasteiger partial charge in [-0.3, -0.25) is 4.79 Å². The van der Waals surface area contributed by atoms with E-state index >= 15 is 0 Å². The molecular formula is C15H29NO6. The molecule has 130 valence electrons. The van der Waals surface area contributed by atoms with Crippen molar-refractivity contribution in [3.8, 4) is 0 Å². The van der Waals surface area contributed by atoms with Crippen molar-refractivity contribution in [2.45, 2.75) is 39.0 Å². The molecule has 0 bridgehead atoms. The number of hydrogen-bond acceptors (Lipinski definition) is 5. The Bertz CT molecular complexity index is 285. The summed E-state index contributed by atoms with van der Waals surface area (Å²) >= 11 is 0. The van der Waals surface area contributed by atoms with Crippen LogP contribution in [0.3, 0.4) is 0 Å².